The summed E-state index contributed by atoms with van der Waals surface area (Å²) in [5.41, 5.74) is 2.29. The van der Waals surface area contributed by atoms with Crippen LogP contribution in [-0.2, 0) is 16.0 Å². The molecule has 2 aromatic rings. The molecule has 3 rings (SSSR count). The lowest BCUT2D eigenvalue weighted by molar-refractivity contribution is -0.127. The highest BCUT2D eigenvalue weighted by Gasteiger charge is 2.26. The number of nitrogens with one attached hydrogen (secondary N) is 1. The Bertz CT molecular complexity index is 615. The van der Waals surface area contributed by atoms with Crippen LogP contribution >= 0.6 is 0 Å². The van der Waals surface area contributed by atoms with Gasteiger partial charge in [-0.1, -0.05) is 12.1 Å². The Morgan fingerprint density at radius 3 is 2.89 bits per heavy atom. The van der Waals surface area contributed by atoms with E-state index in [9.17, 15) is 9.59 Å². The van der Waals surface area contributed by atoms with E-state index in [1.54, 1.807) is 4.90 Å². The van der Waals surface area contributed by atoms with Gasteiger partial charge in [-0.15, -0.1) is 0 Å². The fourth-order valence-corrected chi connectivity index (χ4v) is 2.36. The largest absolute Gasteiger partial charge is 0.361 e. The summed E-state index contributed by atoms with van der Waals surface area (Å²) in [6.07, 6.45) is 2.78. The number of fused-ring (bicyclic) bond motifs is 1. The van der Waals surface area contributed by atoms with E-state index in [0.717, 1.165) is 11.9 Å². The minimum atomic E-state index is -0.0408. The Labute approximate surface area is 105 Å². The standard InChI is InChI=1S/C14H14N2O2/c17-12-8-14(18)16(9-12)6-4-10-1-2-11-3-5-15-13(11)7-10/h1-3,5,7,15H,4,6,8-9H2. The molecule has 18 heavy (non-hydrogen) atoms. The van der Waals surface area contributed by atoms with Crippen LogP contribution in [0.1, 0.15) is 12.0 Å². The highest BCUT2D eigenvalue weighted by atomic mass is 16.2. The fraction of sp³-hybridized carbons (Fsp3) is 0.286. The van der Waals surface area contributed by atoms with E-state index in [0.29, 0.717) is 6.54 Å². The van der Waals surface area contributed by atoms with Crippen molar-refractivity contribution in [3.8, 4) is 0 Å². The monoisotopic (exact) mass is 242 g/mol. The summed E-state index contributed by atoms with van der Waals surface area (Å²) in [5.74, 6) is -0.0132. The molecule has 4 nitrogen and oxygen atoms in total. The predicted molar refractivity (Wildman–Crippen MR) is 68.2 cm³/mol. The zero-order valence-corrected chi connectivity index (χ0v) is 9.98. The molecular formula is C14H14N2O2. The summed E-state index contributed by atoms with van der Waals surface area (Å²) in [6.45, 7) is 0.903. The van der Waals surface area contributed by atoms with E-state index in [-0.39, 0.29) is 24.7 Å². The van der Waals surface area contributed by atoms with Gasteiger partial charge in [-0.25, -0.2) is 0 Å². The van der Waals surface area contributed by atoms with Crippen molar-refractivity contribution in [1.29, 1.82) is 0 Å². The highest BCUT2D eigenvalue weighted by Crippen LogP contribution is 2.15. The van der Waals surface area contributed by atoms with Gasteiger partial charge < -0.3 is 9.88 Å². The van der Waals surface area contributed by atoms with Crippen molar-refractivity contribution in [2.45, 2.75) is 12.8 Å². The summed E-state index contributed by atoms with van der Waals surface area (Å²) in [7, 11) is 0. The first-order chi connectivity index (χ1) is 8.72. The van der Waals surface area contributed by atoms with Crippen molar-refractivity contribution < 1.29 is 9.59 Å². The molecule has 0 radical (unpaired) electrons. The van der Waals surface area contributed by atoms with Crippen LogP contribution in [0.3, 0.4) is 0 Å². The molecule has 0 atom stereocenters. The van der Waals surface area contributed by atoms with Crippen molar-refractivity contribution in [3.63, 3.8) is 0 Å². The molecule has 1 amide bonds. The molecule has 1 fully saturated rings. The average Bonchev–Trinajstić information content (AvgIpc) is 2.92. The maximum absolute atomic E-state index is 11.5. The number of nitrogens with zero attached hydrogens (tertiary/aromatic N) is 1. The number of carbonyl (C=O) groups excluding carboxylic acids is 2. The number of H-pyrrole nitrogens is 1. The second-order valence-electron chi connectivity index (χ2n) is 4.68. The maximum Gasteiger partial charge on any atom is 0.230 e. The number of hydrogen-bond donors (Lipinski definition) is 1. The lowest BCUT2D eigenvalue weighted by Gasteiger charge is -2.14. The summed E-state index contributed by atoms with van der Waals surface area (Å²) >= 11 is 0. The van der Waals surface area contributed by atoms with E-state index >= 15 is 0 Å². The Kier molecular flexibility index (Phi) is 2.63. The second-order valence-corrected chi connectivity index (χ2v) is 4.68. The van der Waals surface area contributed by atoms with Crippen LogP contribution in [0, 0.1) is 0 Å². The van der Waals surface area contributed by atoms with Crippen LogP contribution in [-0.4, -0.2) is 34.7 Å². The number of ketones is 1. The first-order valence-electron chi connectivity index (χ1n) is 6.08. The zero-order chi connectivity index (χ0) is 12.5. The number of carbonyl (C=O) groups is 2. The van der Waals surface area contributed by atoms with Crippen molar-refractivity contribution in [2.24, 2.45) is 0 Å². The van der Waals surface area contributed by atoms with E-state index in [4.69, 9.17) is 0 Å². The molecule has 0 unspecified atom stereocenters. The minimum Gasteiger partial charge on any atom is -0.361 e. The number of rotatable bonds is 3. The van der Waals surface area contributed by atoms with Crippen LogP contribution in [0.2, 0.25) is 0 Å². The third kappa shape index (κ3) is 2.01. The molecule has 1 aliphatic heterocycles. The van der Waals surface area contributed by atoms with Crippen molar-refractivity contribution >= 4 is 22.6 Å². The topological polar surface area (TPSA) is 53.2 Å². The van der Waals surface area contributed by atoms with Gasteiger partial charge in [-0.05, 0) is 29.5 Å². The van der Waals surface area contributed by atoms with E-state index in [1.165, 1.54) is 10.9 Å². The van der Waals surface area contributed by atoms with Crippen LogP contribution < -0.4 is 0 Å². The molecule has 1 aromatic carbocycles. The molecule has 0 bridgehead atoms. The maximum atomic E-state index is 11.5. The van der Waals surface area contributed by atoms with Crippen molar-refractivity contribution in [1.82, 2.24) is 9.88 Å². The van der Waals surface area contributed by atoms with Gasteiger partial charge in [0.2, 0.25) is 5.91 Å². The number of benzene rings is 1. The number of hydrogen-bond acceptors (Lipinski definition) is 2. The molecule has 0 saturated carbocycles. The lowest BCUT2D eigenvalue weighted by Crippen LogP contribution is -2.27. The van der Waals surface area contributed by atoms with Gasteiger partial charge in [-0.3, -0.25) is 9.59 Å². The van der Waals surface area contributed by atoms with Gasteiger partial charge in [0, 0.05) is 18.3 Å². The van der Waals surface area contributed by atoms with E-state index < -0.39 is 0 Å². The molecule has 0 aliphatic carbocycles. The molecule has 2 heterocycles. The fourth-order valence-electron chi connectivity index (χ4n) is 2.36. The van der Waals surface area contributed by atoms with Gasteiger partial charge in [0.15, 0.2) is 5.78 Å². The first-order valence-corrected chi connectivity index (χ1v) is 6.08. The number of likely N-dealkylation sites (tertiary alicyclic amines) is 1. The predicted octanol–water partition coefficient (Wildman–Crippen LogP) is 1.51. The summed E-state index contributed by atoms with van der Waals surface area (Å²) in [4.78, 5) is 27.4. The molecule has 1 aliphatic rings. The number of amides is 1. The van der Waals surface area contributed by atoms with Gasteiger partial charge >= 0.3 is 0 Å². The van der Waals surface area contributed by atoms with Gasteiger partial charge in [-0.2, -0.15) is 0 Å². The first kappa shape index (κ1) is 11.0. The van der Waals surface area contributed by atoms with Gasteiger partial charge in [0.25, 0.3) is 0 Å². The number of aromatic amines is 1. The smallest absolute Gasteiger partial charge is 0.230 e. The molecule has 92 valence electrons. The molecule has 4 heteroatoms. The third-order valence-corrected chi connectivity index (χ3v) is 3.36. The van der Waals surface area contributed by atoms with Gasteiger partial charge in [0.1, 0.15) is 0 Å². The highest BCUT2D eigenvalue weighted by molar-refractivity contribution is 6.05. The summed E-state index contributed by atoms with van der Waals surface area (Å²) in [6, 6.07) is 8.26. The van der Waals surface area contributed by atoms with Crippen molar-refractivity contribution in [3.05, 3.63) is 36.0 Å². The Balaban J connectivity index is 1.69. The molecule has 1 N–H and O–H groups in total. The molecule has 1 aromatic heterocycles. The minimum absolute atomic E-state index is 0.0276. The van der Waals surface area contributed by atoms with Crippen molar-refractivity contribution in [2.75, 3.05) is 13.1 Å². The summed E-state index contributed by atoms with van der Waals surface area (Å²) < 4.78 is 0. The SMILES string of the molecule is O=C1CC(=O)N(CCc2ccc3cc[nH]c3c2)C1. The molecule has 1 saturated heterocycles. The van der Waals surface area contributed by atoms with E-state index in [2.05, 4.69) is 23.2 Å². The van der Waals surface area contributed by atoms with E-state index in [1.807, 2.05) is 12.3 Å². The lowest BCUT2D eigenvalue weighted by atomic mass is 10.1. The summed E-state index contributed by atoms with van der Waals surface area (Å²) in [5, 5.41) is 1.19. The normalized spacial score (nSPS) is 15.9. The number of aromatic nitrogens is 1. The Morgan fingerprint density at radius 1 is 1.22 bits per heavy atom. The van der Waals surface area contributed by atoms with Crippen LogP contribution in [0.25, 0.3) is 10.9 Å². The quantitative estimate of drug-likeness (QED) is 0.829. The van der Waals surface area contributed by atoms with Crippen LogP contribution in [0.4, 0.5) is 0 Å². The van der Waals surface area contributed by atoms with Crippen LogP contribution in [0.5, 0.6) is 0 Å². The number of Topliss-reactive ketones (excluding diaryl/α,β-unsaturated/α-hetero) is 1. The molecule has 0 spiro atoms. The van der Waals surface area contributed by atoms with Gasteiger partial charge in [0.05, 0.1) is 13.0 Å². The zero-order valence-electron chi connectivity index (χ0n) is 9.98. The van der Waals surface area contributed by atoms with Crippen LogP contribution in [0.15, 0.2) is 30.5 Å². The third-order valence-electron chi connectivity index (χ3n) is 3.36. The second kappa shape index (κ2) is 4.29. The molecular weight excluding hydrogens is 228 g/mol. The average molecular weight is 242 g/mol. The Hall–Kier alpha value is -2.10. The Morgan fingerprint density at radius 2 is 2.11 bits per heavy atom.